The van der Waals surface area contributed by atoms with Crippen molar-refractivity contribution in [2.75, 3.05) is 4.90 Å². The maximum Gasteiger partial charge on any atom is 0.159 e. The van der Waals surface area contributed by atoms with Crippen LogP contribution in [0.3, 0.4) is 0 Å². The molecule has 302 valence electrons. The predicted molar refractivity (Wildman–Crippen MR) is 269 cm³/mol. The van der Waals surface area contributed by atoms with Gasteiger partial charge in [-0.1, -0.05) is 166 Å². The molecule has 12 aromatic rings. The SMILES string of the molecule is CC1(C)c2ccccc2-c2ccc(N(c3ccc(-c4ccc(-c5ccc6c(c5)c5ccccc5n6-c5ccccc5)cc4)cc3)c3cccc4c3oc3ccc5ccccc5c34)cc21. The van der Waals surface area contributed by atoms with Crippen molar-refractivity contribution in [1.82, 2.24) is 4.57 Å². The molecule has 3 nitrogen and oxygen atoms in total. The lowest BCUT2D eigenvalue weighted by molar-refractivity contribution is 0.660. The van der Waals surface area contributed by atoms with Gasteiger partial charge in [0.1, 0.15) is 5.58 Å². The number of fused-ring (bicyclic) bond motifs is 11. The third-order valence-corrected chi connectivity index (χ3v) is 13.8. The molecule has 0 bridgehead atoms. The van der Waals surface area contributed by atoms with E-state index in [1.807, 2.05) is 0 Å². The molecule has 0 saturated carbocycles. The summed E-state index contributed by atoms with van der Waals surface area (Å²) in [5, 5.41) is 7.18. The second-order valence-corrected chi connectivity index (χ2v) is 17.7. The van der Waals surface area contributed by atoms with Crippen LogP contribution in [0.1, 0.15) is 25.0 Å². The van der Waals surface area contributed by atoms with Gasteiger partial charge >= 0.3 is 0 Å². The summed E-state index contributed by atoms with van der Waals surface area (Å²) in [6.07, 6.45) is 0. The Hall–Kier alpha value is -8.14. The average Bonchev–Trinajstić information content (AvgIpc) is 3.98. The summed E-state index contributed by atoms with van der Waals surface area (Å²) in [7, 11) is 0. The monoisotopic (exact) mass is 818 g/mol. The summed E-state index contributed by atoms with van der Waals surface area (Å²) in [6, 6.07) is 79.5. The fourth-order valence-electron chi connectivity index (χ4n) is 10.7. The quantitative estimate of drug-likeness (QED) is 0.167. The van der Waals surface area contributed by atoms with Gasteiger partial charge in [-0.25, -0.2) is 0 Å². The van der Waals surface area contributed by atoms with Crippen LogP contribution >= 0.6 is 0 Å². The molecule has 0 atom stereocenters. The molecule has 10 aromatic carbocycles. The van der Waals surface area contributed by atoms with Crippen LogP contribution in [0, 0.1) is 0 Å². The summed E-state index contributed by atoms with van der Waals surface area (Å²) >= 11 is 0. The first kappa shape index (κ1) is 36.5. The summed E-state index contributed by atoms with van der Waals surface area (Å²) in [4.78, 5) is 2.38. The zero-order valence-electron chi connectivity index (χ0n) is 35.6. The molecular weight excluding hydrogens is 777 g/mol. The molecule has 0 spiro atoms. The number of para-hydroxylation sites is 3. The van der Waals surface area contributed by atoms with Gasteiger partial charge in [0.2, 0.25) is 0 Å². The lowest BCUT2D eigenvalue weighted by atomic mass is 9.82. The molecule has 0 aliphatic heterocycles. The van der Waals surface area contributed by atoms with E-state index < -0.39 is 0 Å². The van der Waals surface area contributed by atoms with Crippen molar-refractivity contribution in [2.45, 2.75) is 19.3 Å². The summed E-state index contributed by atoms with van der Waals surface area (Å²) in [5.74, 6) is 0. The van der Waals surface area contributed by atoms with Gasteiger partial charge in [-0.3, -0.25) is 0 Å². The van der Waals surface area contributed by atoms with Crippen LogP contribution in [0.5, 0.6) is 0 Å². The Bertz CT molecular complexity index is 3800. The maximum absolute atomic E-state index is 6.86. The highest BCUT2D eigenvalue weighted by Crippen LogP contribution is 2.51. The molecule has 0 unspecified atom stereocenters. The number of rotatable bonds is 6. The summed E-state index contributed by atoms with van der Waals surface area (Å²) in [5.41, 5.74) is 18.4. The van der Waals surface area contributed by atoms with E-state index in [2.05, 4.69) is 242 Å². The van der Waals surface area contributed by atoms with Crippen molar-refractivity contribution in [3.05, 3.63) is 230 Å². The molecular formula is C61H42N2O. The first-order valence-electron chi connectivity index (χ1n) is 22.2. The smallest absolute Gasteiger partial charge is 0.159 e. The van der Waals surface area contributed by atoms with E-state index in [9.17, 15) is 0 Å². The number of aromatic nitrogens is 1. The van der Waals surface area contributed by atoms with Crippen LogP contribution in [0.25, 0.3) is 93.6 Å². The summed E-state index contributed by atoms with van der Waals surface area (Å²) in [6.45, 7) is 4.69. The maximum atomic E-state index is 6.86. The van der Waals surface area contributed by atoms with E-state index in [1.54, 1.807) is 0 Å². The molecule has 0 amide bonds. The van der Waals surface area contributed by atoms with Gasteiger partial charge < -0.3 is 13.9 Å². The van der Waals surface area contributed by atoms with Crippen molar-refractivity contribution in [1.29, 1.82) is 0 Å². The minimum absolute atomic E-state index is 0.138. The van der Waals surface area contributed by atoms with E-state index >= 15 is 0 Å². The molecule has 0 saturated heterocycles. The zero-order chi connectivity index (χ0) is 42.5. The first-order chi connectivity index (χ1) is 31.5. The highest BCUT2D eigenvalue weighted by atomic mass is 16.3. The second kappa shape index (κ2) is 13.9. The number of anilines is 3. The van der Waals surface area contributed by atoms with E-state index in [0.29, 0.717) is 0 Å². The lowest BCUT2D eigenvalue weighted by Crippen LogP contribution is -2.16. The van der Waals surface area contributed by atoms with Gasteiger partial charge in [-0.05, 0) is 122 Å². The minimum atomic E-state index is -0.138. The Morgan fingerprint density at radius 3 is 1.88 bits per heavy atom. The molecule has 2 heterocycles. The van der Waals surface area contributed by atoms with Gasteiger partial charge in [0, 0.05) is 44.0 Å². The average molecular weight is 819 g/mol. The highest BCUT2D eigenvalue weighted by Gasteiger charge is 2.36. The van der Waals surface area contributed by atoms with Crippen molar-refractivity contribution < 1.29 is 4.42 Å². The Labute approximate surface area is 371 Å². The largest absolute Gasteiger partial charge is 0.454 e. The van der Waals surface area contributed by atoms with Crippen LogP contribution in [-0.2, 0) is 5.41 Å². The van der Waals surface area contributed by atoms with Gasteiger partial charge in [-0.15, -0.1) is 0 Å². The van der Waals surface area contributed by atoms with Crippen molar-refractivity contribution in [3.63, 3.8) is 0 Å². The zero-order valence-corrected chi connectivity index (χ0v) is 35.6. The van der Waals surface area contributed by atoms with Crippen molar-refractivity contribution in [3.8, 4) is 39.1 Å². The molecule has 1 aliphatic rings. The molecule has 0 N–H and O–H groups in total. The Morgan fingerprint density at radius 1 is 0.422 bits per heavy atom. The number of hydrogen-bond acceptors (Lipinski definition) is 2. The topological polar surface area (TPSA) is 21.3 Å². The number of benzene rings is 10. The van der Waals surface area contributed by atoms with Gasteiger partial charge in [0.15, 0.2) is 5.58 Å². The van der Waals surface area contributed by atoms with E-state index in [4.69, 9.17) is 4.42 Å². The molecule has 3 heteroatoms. The Morgan fingerprint density at radius 2 is 1.05 bits per heavy atom. The van der Waals surface area contributed by atoms with E-state index in [-0.39, 0.29) is 5.41 Å². The molecule has 2 aromatic heterocycles. The van der Waals surface area contributed by atoms with Crippen LogP contribution < -0.4 is 4.90 Å². The Kier molecular flexibility index (Phi) is 7.95. The number of furan rings is 1. The first-order valence-corrected chi connectivity index (χ1v) is 22.2. The minimum Gasteiger partial charge on any atom is -0.454 e. The van der Waals surface area contributed by atoms with Gasteiger partial charge in [0.05, 0.1) is 16.7 Å². The Balaban J connectivity index is 0.898. The fourth-order valence-corrected chi connectivity index (χ4v) is 10.7. The predicted octanol–water partition coefficient (Wildman–Crippen LogP) is 16.9. The van der Waals surface area contributed by atoms with Crippen LogP contribution in [0.4, 0.5) is 17.1 Å². The van der Waals surface area contributed by atoms with Crippen molar-refractivity contribution >= 4 is 71.6 Å². The standard InChI is InChI=1S/C61H42N2O/c1-61(2)53-20-10-8-17-48(53)49-34-33-46(38-54(49)61)62(57-22-12-19-51-59-47-16-7-6-13-42(47)30-36-58(59)64-60(51)57)45-31-27-40(28-32-45)39-23-25-41(26-24-39)43-29-35-56-52(37-43)50-18-9-11-21-55(50)63(56)44-14-4-3-5-15-44/h3-38H,1-2H3. The third kappa shape index (κ3) is 5.47. The van der Waals surface area contributed by atoms with Gasteiger partial charge in [-0.2, -0.15) is 0 Å². The van der Waals surface area contributed by atoms with E-state index in [1.165, 1.54) is 77.2 Å². The third-order valence-electron chi connectivity index (χ3n) is 13.8. The highest BCUT2D eigenvalue weighted by molar-refractivity contribution is 6.21. The molecule has 1 aliphatic carbocycles. The van der Waals surface area contributed by atoms with Crippen LogP contribution in [0.2, 0.25) is 0 Å². The van der Waals surface area contributed by atoms with Crippen LogP contribution in [-0.4, -0.2) is 4.57 Å². The van der Waals surface area contributed by atoms with Crippen molar-refractivity contribution in [2.24, 2.45) is 0 Å². The normalized spacial score (nSPS) is 13.0. The molecule has 64 heavy (non-hydrogen) atoms. The number of nitrogens with zero attached hydrogens (tertiary/aromatic N) is 2. The fraction of sp³-hybridized carbons (Fsp3) is 0.0492. The molecule has 0 fully saturated rings. The summed E-state index contributed by atoms with van der Waals surface area (Å²) < 4.78 is 9.23. The number of hydrogen-bond donors (Lipinski definition) is 0. The lowest BCUT2D eigenvalue weighted by Gasteiger charge is -2.28. The van der Waals surface area contributed by atoms with Crippen LogP contribution in [0.15, 0.2) is 223 Å². The molecule has 0 radical (unpaired) electrons. The van der Waals surface area contributed by atoms with Gasteiger partial charge in [0.25, 0.3) is 0 Å². The second-order valence-electron chi connectivity index (χ2n) is 17.7. The van der Waals surface area contributed by atoms with E-state index in [0.717, 1.165) is 44.6 Å². The molecule has 13 rings (SSSR count).